The quantitative estimate of drug-likeness (QED) is 0.591. The highest BCUT2D eigenvalue weighted by Gasteiger charge is 2.46. The van der Waals surface area contributed by atoms with Crippen LogP contribution in [0.1, 0.15) is 48.5 Å². The lowest BCUT2D eigenvalue weighted by Crippen LogP contribution is -2.52. The number of rotatable bonds is 5. The molecule has 0 radical (unpaired) electrons. The highest BCUT2D eigenvalue weighted by atomic mass is 19.1. The van der Waals surface area contributed by atoms with Crippen molar-refractivity contribution in [2.24, 2.45) is 5.92 Å². The van der Waals surface area contributed by atoms with Crippen molar-refractivity contribution in [3.8, 4) is 0 Å². The third kappa shape index (κ3) is 3.92. The minimum absolute atomic E-state index is 0.0102. The Morgan fingerprint density at radius 2 is 1.82 bits per heavy atom. The topological polar surface area (TPSA) is 50.1 Å². The molecule has 6 nitrogen and oxygen atoms in total. The second-order valence-electron chi connectivity index (χ2n) is 10.1. The van der Waals surface area contributed by atoms with E-state index in [0.717, 1.165) is 68.8 Å². The number of halogens is 1. The number of aryl methyl sites for hydroxylation is 1. The van der Waals surface area contributed by atoms with Crippen LogP contribution >= 0.6 is 0 Å². The summed E-state index contributed by atoms with van der Waals surface area (Å²) in [6, 6.07) is 9.05. The second kappa shape index (κ2) is 8.20. The predicted molar refractivity (Wildman–Crippen MR) is 125 cm³/mol. The maximum atomic E-state index is 14.5. The molecule has 2 aromatic heterocycles. The van der Waals surface area contributed by atoms with Gasteiger partial charge >= 0.3 is 0 Å². The first kappa shape index (κ1) is 20.8. The van der Waals surface area contributed by atoms with Crippen molar-refractivity contribution in [2.45, 2.75) is 57.7 Å². The number of anilines is 1. The lowest BCUT2D eigenvalue weighted by Gasteiger charge is -2.47. The Kier molecular flexibility index (Phi) is 5.17. The van der Waals surface area contributed by atoms with Gasteiger partial charge in [0.25, 0.3) is 0 Å². The van der Waals surface area contributed by atoms with Gasteiger partial charge in [0.15, 0.2) is 0 Å². The van der Waals surface area contributed by atoms with E-state index in [1.165, 1.54) is 24.2 Å². The molecule has 2 aliphatic heterocycles. The Morgan fingerprint density at radius 1 is 1.06 bits per heavy atom. The van der Waals surface area contributed by atoms with Crippen LogP contribution in [-0.2, 0) is 25.0 Å². The highest BCUT2D eigenvalue weighted by Crippen LogP contribution is 2.43. The lowest BCUT2D eigenvalue weighted by molar-refractivity contribution is 0.137. The smallest absolute Gasteiger partial charge is 0.225 e. The fraction of sp³-hybridized carbons (Fsp3) is 0.500. The first-order valence-electron chi connectivity index (χ1n) is 12.2. The SMILES string of the molecule is Cc1nc2c(n1CC1CC1)CN(Cc1ccccc1F)CC21CCN(c2ncccn2)CC1. The van der Waals surface area contributed by atoms with Crippen LogP contribution in [0.4, 0.5) is 10.3 Å². The summed E-state index contributed by atoms with van der Waals surface area (Å²) in [4.78, 5) is 18.8. The van der Waals surface area contributed by atoms with E-state index in [-0.39, 0.29) is 11.2 Å². The van der Waals surface area contributed by atoms with Gasteiger partial charge in [0.2, 0.25) is 5.95 Å². The molecule has 1 spiro atoms. The molecule has 6 rings (SSSR count). The molecule has 1 saturated heterocycles. The number of hydrogen-bond donors (Lipinski definition) is 0. The molecule has 3 aromatic rings. The largest absolute Gasteiger partial charge is 0.341 e. The van der Waals surface area contributed by atoms with E-state index in [0.29, 0.717) is 6.54 Å². The summed E-state index contributed by atoms with van der Waals surface area (Å²) in [6.45, 7) is 7.43. The summed E-state index contributed by atoms with van der Waals surface area (Å²) >= 11 is 0. The van der Waals surface area contributed by atoms with E-state index < -0.39 is 0 Å². The number of aromatic nitrogens is 4. The van der Waals surface area contributed by atoms with Gasteiger partial charge in [-0.2, -0.15) is 0 Å². The van der Waals surface area contributed by atoms with E-state index >= 15 is 0 Å². The van der Waals surface area contributed by atoms with E-state index in [1.807, 2.05) is 30.6 Å². The summed E-state index contributed by atoms with van der Waals surface area (Å²) in [6.07, 6.45) is 8.28. The number of nitrogens with zero attached hydrogens (tertiary/aromatic N) is 6. The standard InChI is InChI=1S/C26H31FN6/c1-19-30-24-23(33(19)15-20-7-8-20)17-31(16-21-5-2-3-6-22(21)27)18-26(24)9-13-32(14-10-26)25-28-11-4-12-29-25/h2-6,11-12,20H,7-10,13-18H2,1H3. The van der Waals surface area contributed by atoms with Crippen molar-refractivity contribution in [1.29, 1.82) is 0 Å². The molecule has 4 heterocycles. The molecule has 1 aromatic carbocycles. The van der Waals surface area contributed by atoms with Crippen LogP contribution in [0.2, 0.25) is 0 Å². The van der Waals surface area contributed by atoms with Crippen LogP contribution in [-0.4, -0.2) is 44.1 Å². The minimum atomic E-state index is -0.115. The number of imidazole rings is 1. The van der Waals surface area contributed by atoms with Gasteiger partial charge in [-0.3, -0.25) is 4.90 Å². The summed E-state index contributed by atoms with van der Waals surface area (Å²) in [5, 5.41) is 0. The fourth-order valence-electron chi connectivity index (χ4n) is 5.73. The Bertz CT molecular complexity index is 1130. The molecule has 0 amide bonds. The number of piperidine rings is 1. The zero-order valence-corrected chi connectivity index (χ0v) is 19.3. The Morgan fingerprint density at radius 3 is 2.55 bits per heavy atom. The van der Waals surface area contributed by atoms with Gasteiger partial charge in [-0.15, -0.1) is 0 Å². The average molecular weight is 447 g/mol. The molecule has 33 heavy (non-hydrogen) atoms. The maximum absolute atomic E-state index is 14.5. The Hall–Kier alpha value is -2.80. The third-order valence-electron chi connectivity index (χ3n) is 7.71. The van der Waals surface area contributed by atoms with E-state index in [2.05, 4.69) is 31.3 Å². The van der Waals surface area contributed by atoms with Gasteiger partial charge in [0.05, 0.1) is 11.4 Å². The minimum Gasteiger partial charge on any atom is -0.341 e. The molecule has 0 bridgehead atoms. The highest BCUT2D eigenvalue weighted by molar-refractivity contribution is 5.36. The molecule has 3 aliphatic rings. The van der Waals surface area contributed by atoms with Gasteiger partial charge in [-0.1, -0.05) is 18.2 Å². The Labute approximate surface area is 194 Å². The summed E-state index contributed by atoms with van der Waals surface area (Å²) < 4.78 is 17.0. The van der Waals surface area contributed by atoms with E-state index in [9.17, 15) is 4.39 Å². The zero-order valence-electron chi connectivity index (χ0n) is 19.3. The summed E-state index contributed by atoms with van der Waals surface area (Å²) in [5.41, 5.74) is 3.41. The van der Waals surface area contributed by atoms with Crippen LogP contribution in [0.3, 0.4) is 0 Å². The second-order valence-corrected chi connectivity index (χ2v) is 10.1. The van der Waals surface area contributed by atoms with E-state index in [4.69, 9.17) is 4.98 Å². The molecule has 7 heteroatoms. The lowest BCUT2D eigenvalue weighted by atomic mass is 9.72. The van der Waals surface area contributed by atoms with Crippen LogP contribution in [0.25, 0.3) is 0 Å². The molecule has 1 saturated carbocycles. The third-order valence-corrected chi connectivity index (χ3v) is 7.71. The molecule has 2 fully saturated rings. The van der Waals surface area contributed by atoms with Gasteiger partial charge < -0.3 is 9.47 Å². The molecular weight excluding hydrogens is 415 g/mol. The van der Waals surface area contributed by atoms with Crippen molar-refractivity contribution in [3.63, 3.8) is 0 Å². The van der Waals surface area contributed by atoms with Crippen LogP contribution < -0.4 is 4.90 Å². The predicted octanol–water partition coefficient (Wildman–Crippen LogP) is 4.08. The summed E-state index contributed by atoms with van der Waals surface area (Å²) in [5.74, 6) is 2.61. The number of fused-ring (bicyclic) bond motifs is 2. The van der Waals surface area contributed by atoms with Crippen molar-refractivity contribution >= 4 is 5.95 Å². The van der Waals surface area contributed by atoms with Gasteiger partial charge in [-0.25, -0.2) is 19.3 Å². The summed E-state index contributed by atoms with van der Waals surface area (Å²) in [7, 11) is 0. The molecule has 0 atom stereocenters. The monoisotopic (exact) mass is 446 g/mol. The zero-order chi connectivity index (χ0) is 22.4. The fourth-order valence-corrected chi connectivity index (χ4v) is 5.73. The van der Waals surface area contributed by atoms with Gasteiger partial charge in [0.1, 0.15) is 11.6 Å². The van der Waals surface area contributed by atoms with Crippen molar-refractivity contribution < 1.29 is 4.39 Å². The van der Waals surface area contributed by atoms with Crippen molar-refractivity contribution in [3.05, 3.63) is 71.3 Å². The normalized spacial score (nSPS) is 20.2. The molecule has 0 unspecified atom stereocenters. The first-order chi connectivity index (χ1) is 16.1. The van der Waals surface area contributed by atoms with Gasteiger partial charge in [-0.05, 0) is 50.7 Å². The van der Waals surface area contributed by atoms with Crippen LogP contribution in [0, 0.1) is 18.7 Å². The van der Waals surface area contributed by atoms with Crippen LogP contribution in [0.5, 0.6) is 0 Å². The van der Waals surface area contributed by atoms with Gasteiger partial charge in [0, 0.05) is 62.6 Å². The van der Waals surface area contributed by atoms with Crippen molar-refractivity contribution in [1.82, 2.24) is 24.4 Å². The molecular formula is C26H31FN6. The van der Waals surface area contributed by atoms with Crippen molar-refractivity contribution in [2.75, 3.05) is 24.5 Å². The molecule has 1 aliphatic carbocycles. The number of hydrogen-bond acceptors (Lipinski definition) is 5. The first-order valence-corrected chi connectivity index (χ1v) is 12.2. The average Bonchev–Trinajstić information content (AvgIpc) is 3.60. The Balaban J connectivity index is 1.32. The number of benzene rings is 1. The maximum Gasteiger partial charge on any atom is 0.225 e. The van der Waals surface area contributed by atoms with E-state index in [1.54, 1.807) is 12.1 Å². The molecule has 172 valence electrons. The van der Waals surface area contributed by atoms with Crippen LogP contribution in [0.15, 0.2) is 42.7 Å². The molecule has 0 N–H and O–H groups in total.